The van der Waals surface area contributed by atoms with Crippen LogP contribution in [0.2, 0.25) is 0 Å². The van der Waals surface area contributed by atoms with Crippen molar-refractivity contribution < 1.29 is 4.39 Å². The van der Waals surface area contributed by atoms with Crippen molar-refractivity contribution in [3.63, 3.8) is 0 Å². The first kappa shape index (κ1) is 20.2. The monoisotopic (exact) mass is 438 g/mol. The number of fused-ring (bicyclic) bond motifs is 2. The van der Waals surface area contributed by atoms with Gasteiger partial charge in [-0.3, -0.25) is 9.88 Å². The highest BCUT2D eigenvalue weighted by Crippen LogP contribution is 2.36. The molecule has 0 saturated carbocycles. The summed E-state index contributed by atoms with van der Waals surface area (Å²) < 4.78 is 15.6. The number of hydrogen-bond acceptors (Lipinski definition) is 2. The molecule has 3 aromatic heterocycles. The van der Waals surface area contributed by atoms with Crippen LogP contribution in [0.1, 0.15) is 35.4 Å². The summed E-state index contributed by atoms with van der Waals surface area (Å²) in [5, 5.41) is 2.58. The zero-order chi connectivity index (χ0) is 22.4. The highest BCUT2D eigenvalue weighted by molar-refractivity contribution is 5.85. The van der Waals surface area contributed by atoms with Gasteiger partial charge in [0.15, 0.2) is 0 Å². The molecule has 0 aliphatic carbocycles. The summed E-state index contributed by atoms with van der Waals surface area (Å²) in [6.45, 7) is 5.41. The molecule has 4 nitrogen and oxygen atoms in total. The Morgan fingerprint density at radius 1 is 1.00 bits per heavy atom. The Morgan fingerprint density at radius 2 is 1.82 bits per heavy atom. The largest absolute Gasteiger partial charge is 0.361 e. The van der Waals surface area contributed by atoms with Crippen LogP contribution in [0, 0.1) is 12.7 Å². The van der Waals surface area contributed by atoms with Crippen LogP contribution >= 0.6 is 0 Å². The second kappa shape index (κ2) is 8.16. The van der Waals surface area contributed by atoms with Gasteiger partial charge in [0.05, 0.1) is 11.7 Å². The van der Waals surface area contributed by atoms with Gasteiger partial charge in [-0.15, -0.1) is 0 Å². The van der Waals surface area contributed by atoms with Crippen LogP contribution in [0.4, 0.5) is 4.39 Å². The highest BCUT2D eigenvalue weighted by atomic mass is 19.1. The van der Waals surface area contributed by atoms with Gasteiger partial charge < -0.3 is 9.55 Å². The lowest BCUT2D eigenvalue weighted by molar-refractivity contribution is 0.205. The van der Waals surface area contributed by atoms with Gasteiger partial charge in [0.25, 0.3) is 0 Å². The number of halogens is 1. The Balaban J connectivity index is 1.23. The summed E-state index contributed by atoms with van der Waals surface area (Å²) in [6, 6.07) is 15.5. The van der Waals surface area contributed by atoms with Gasteiger partial charge in [0.2, 0.25) is 0 Å². The number of aryl methyl sites for hydroxylation is 1. The third-order valence-corrected chi connectivity index (χ3v) is 7.28. The minimum Gasteiger partial charge on any atom is -0.361 e. The lowest BCUT2D eigenvalue weighted by Gasteiger charge is -2.32. The average Bonchev–Trinajstić information content (AvgIpc) is 3.48. The summed E-state index contributed by atoms with van der Waals surface area (Å²) in [7, 11) is 0. The van der Waals surface area contributed by atoms with Gasteiger partial charge in [-0.25, -0.2) is 4.39 Å². The lowest BCUT2D eigenvalue weighted by atomic mass is 9.89. The van der Waals surface area contributed by atoms with Crippen LogP contribution in [0.25, 0.3) is 27.5 Å². The van der Waals surface area contributed by atoms with E-state index in [1.165, 1.54) is 45.1 Å². The van der Waals surface area contributed by atoms with E-state index < -0.39 is 0 Å². The molecule has 2 aromatic carbocycles. The van der Waals surface area contributed by atoms with Gasteiger partial charge >= 0.3 is 0 Å². The minimum atomic E-state index is -0.216. The Labute approximate surface area is 192 Å². The first-order valence-corrected chi connectivity index (χ1v) is 11.7. The number of aromatic nitrogens is 3. The van der Waals surface area contributed by atoms with Gasteiger partial charge in [0.1, 0.15) is 5.82 Å². The van der Waals surface area contributed by atoms with Gasteiger partial charge in [-0.1, -0.05) is 6.07 Å². The minimum absolute atomic E-state index is 0.216. The second-order valence-electron chi connectivity index (χ2n) is 9.16. The summed E-state index contributed by atoms with van der Waals surface area (Å²) in [5.41, 5.74) is 7.43. The zero-order valence-electron chi connectivity index (χ0n) is 18.8. The number of nitrogens with zero attached hydrogens (tertiary/aromatic N) is 3. The molecule has 1 fully saturated rings. The van der Waals surface area contributed by atoms with Crippen LogP contribution in [0.3, 0.4) is 0 Å². The van der Waals surface area contributed by atoms with Crippen molar-refractivity contribution in [2.45, 2.75) is 32.2 Å². The molecule has 166 valence electrons. The van der Waals surface area contributed by atoms with Crippen LogP contribution < -0.4 is 0 Å². The standard InChI is InChI=1S/C28H27FN4/c1-19-21(2-7-27-24(19)9-13-31-27)17-32-14-10-20(11-15-32)26-18-33(23-5-3-22(29)4-6-23)28-16-30-12-8-25(26)28/h2-9,12-13,16,18,20,31H,10-11,14-15,17H2,1H3. The van der Waals surface area contributed by atoms with Gasteiger partial charge in [-0.2, -0.15) is 0 Å². The molecule has 5 heteroatoms. The molecule has 0 spiro atoms. The molecule has 0 amide bonds. The summed E-state index contributed by atoms with van der Waals surface area (Å²) in [6.07, 6.45) is 10.3. The number of hydrogen-bond donors (Lipinski definition) is 1. The Kier molecular flexibility index (Phi) is 4.99. The maximum atomic E-state index is 13.5. The van der Waals surface area contributed by atoms with Crippen LogP contribution in [0.5, 0.6) is 0 Å². The molecule has 1 saturated heterocycles. The van der Waals surface area contributed by atoms with Crippen LogP contribution in [0.15, 0.2) is 73.3 Å². The normalized spacial score (nSPS) is 15.6. The van der Waals surface area contributed by atoms with E-state index in [1.54, 1.807) is 0 Å². The summed E-state index contributed by atoms with van der Waals surface area (Å²) >= 11 is 0. The number of nitrogens with one attached hydrogen (secondary N) is 1. The lowest BCUT2D eigenvalue weighted by Crippen LogP contribution is -2.32. The van der Waals surface area contributed by atoms with Crippen molar-refractivity contribution in [1.82, 2.24) is 19.4 Å². The molecule has 1 aliphatic heterocycles. The molecule has 1 aliphatic rings. The fourth-order valence-corrected chi connectivity index (χ4v) is 5.38. The molecule has 0 radical (unpaired) electrons. The maximum Gasteiger partial charge on any atom is 0.123 e. The van der Waals surface area contributed by atoms with Crippen molar-refractivity contribution in [3.8, 4) is 5.69 Å². The Morgan fingerprint density at radius 3 is 2.64 bits per heavy atom. The predicted octanol–water partition coefficient (Wildman–Crippen LogP) is 6.33. The quantitative estimate of drug-likeness (QED) is 0.356. The van der Waals surface area contributed by atoms with Crippen LogP contribution in [-0.2, 0) is 6.54 Å². The van der Waals surface area contributed by atoms with Crippen molar-refractivity contribution >= 4 is 21.8 Å². The fraction of sp³-hybridized carbons (Fsp3) is 0.250. The molecule has 33 heavy (non-hydrogen) atoms. The van der Waals surface area contributed by atoms with Crippen LogP contribution in [-0.4, -0.2) is 32.5 Å². The summed E-state index contributed by atoms with van der Waals surface area (Å²) in [5.74, 6) is 0.299. The number of benzene rings is 2. The van der Waals surface area contributed by atoms with Gasteiger partial charge in [-0.05, 0) is 97.9 Å². The molecule has 0 bridgehead atoms. The Bertz CT molecular complexity index is 1420. The molecular formula is C28H27FN4. The van der Waals surface area contributed by atoms with E-state index in [0.29, 0.717) is 5.92 Å². The third-order valence-electron chi connectivity index (χ3n) is 7.28. The molecule has 4 heterocycles. The van der Waals surface area contributed by atoms with E-state index in [1.807, 2.05) is 30.7 Å². The number of likely N-dealkylation sites (tertiary alicyclic amines) is 1. The van der Waals surface area contributed by atoms with Crippen molar-refractivity contribution in [2.24, 2.45) is 0 Å². The molecule has 0 unspecified atom stereocenters. The van der Waals surface area contributed by atoms with Crippen molar-refractivity contribution in [1.29, 1.82) is 0 Å². The maximum absolute atomic E-state index is 13.5. The molecule has 0 atom stereocenters. The van der Waals surface area contributed by atoms with E-state index in [0.717, 1.165) is 43.7 Å². The smallest absolute Gasteiger partial charge is 0.123 e. The van der Waals surface area contributed by atoms with E-state index >= 15 is 0 Å². The predicted molar refractivity (Wildman–Crippen MR) is 131 cm³/mol. The van der Waals surface area contributed by atoms with E-state index in [-0.39, 0.29) is 5.82 Å². The Hall–Kier alpha value is -3.44. The number of pyridine rings is 1. The molecule has 6 rings (SSSR count). The van der Waals surface area contributed by atoms with Crippen molar-refractivity contribution in [2.75, 3.05) is 13.1 Å². The third kappa shape index (κ3) is 3.62. The molecular weight excluding hydrogens is 411 g/mol. The number of aromatic amines is 1. The van der Waals surface area contributed by atoms with E-state index in [4.69, 9.17) is 0 Å². The first-order valence-electron chi connectivity index (χ1n) is 11.7. The topological polar surface area (TPSA) is 36.9 Å². The van der Waals surface area contributed by atoms with E-state index in [2.05, 4.69) is 56.8 Å². The number of H-pyrrole nitrogens is 1. The average molecular weight is 439 g/mol. The van der Waals surface area contributed by atoms with Gasteiger partial charge in [0, 0.05) is 47.1 Å². The second-order valence-corrected chi connectivity index (χ2v) is 9.16. The SMILES string of the molecule is Cc1c(CN2CCC(c3cn(-c4ccc(F)cc4)c4cnccc34)CC2)ccc2[nH]ccc12. The zero-order valence-corrected chi connectivity index (χ0v) is 18.8. The first-order chi connectivity index (χ1) is 16.2. The summed E-state index contributed by atoms with van der Waals surface area (Å²) in [4.78, 5) is 10.2. The fourth-order valence-electron chi connectivity index (χ4n) is 5.38. The van der Waals surface area contributed by atoms with E-state index in [9.17, 15) is 4.39 Å². The number of piperidine rings is 1. The highest BCUT2D eigenvalue weighted by Gasteiger charge is 2.24. The molecule has 5 aromatic rings. The molecule has 1 N–H and O–H groups in total. The number of rotatable bonds is 4. The van der Waals surface area contributed by atoms with Crippen molar-refractivity contribution in [3.05, 3.63) is 95.8 Å².